The fourth-order valence-electron chi connectivity index (χ4n) is 1.31. The van der Waals surface area contributed by atoms with E-state index in [9.17, 15) is 4.57 Å². The van der Waals surface area contributed by atoms with Gasteiger partial charge in [0.05, 0.1) is 6.61 Å². The van der Waals surface area contributed by atoms with Gasteiger partial charge in [0, 0.05) is 6.04 Å². The van der Waals surface area contributed by atoms with Crippen LogP contribution in [0.2, 0.25) is 0 Å². The second kappa shape index (κ2) is 6.69. The van der Waals surface area contributed by atoms with Gasteiger partial charge >= 0.3 is 8.25 Å². The smallest absolute Gasteiger partial charge is 0.367 e. The average Bonchev–Trinajstić information content (AvgIpc) is 2.20. The van der Waals surface area contributed by atoms with E-state index < -0.39 is 8.25 Å². The van der Waals surface area contributed by atoms with E-state index in [1.165, 1.54) is 0 Å². The SMILES string of the molecule is CCO[PH](=O)Oc1ccc(CC(C)N)cc1. The van der Waals surface area contributed by atoms with Gasteiger partial charge in [0.15, 0.2) is 0 Å². The molecule has 1 rings (SSSR count). The molecule has 0 aromatic heterocycles. The van der Waals surface area contributed by atoms with Crippen molar-refractivity contribution in [1.82, 2.24) is 0 Å². The van der Waals surface area contributed by atoms with Gasteiger partial charge in [-0.25, -0.2) is 4.57 Å². The van der Waals surface area contributed by atoms with Crippen LogP contribution in [-0.2, 0) is 15.5 Å². The fourth-order valence-corrected chi connectivity index (χ4v) is 1.93. The van der Waals surface area contributed by atoms with E-state index in [-0.39, 0.29) is 6.04 Å². The largest absolute Gasteiger partial charge is 0.426 e. The number of hydrogen-bond donors (Lipinski definition) is 1. The van der Waals surface area contributed by atoms with Gasteiger partial charge in [0.25, 0.3) is 0 Å². The highest BCUT2D eigenvalue weighted by Gasteiger charge is 2.02. The summed E-state index contributed by atoms with van der Waals surface area (Å²) in [5, 5.41) is 0. The van der Waals surface area contributed by atoms with Crippen LogP contribution in [0.15, 0.2) is 24.3 Å². The van der Waals surface area contributed by atoms with E-state index in [0.717, 1.165) is 12.0 Å². The molecule has 2 N–H and O–H groups in total. The fraction of sp³-hybridized carbons (Fsp3) is 0.455. The zero-order valence-corrected chi connectivity index (χ0v) is 10.6. The van der Waals surface area contributed by atoms with Crippen molar-refractivity contribution in [3.8, 4) is 5.75 Å². The zero-order chi connectivity index (χ0) is 12.0. The third kappa shape index (κ3) is 4.79. The second-order valence-corrected chi connectivity index (χ2v) is 4.60. The summed E-state index contributed by atoms with van der Waals surface area (Å²) in [4.78, 5) is 0. The number of hydrogen-bond acceptors (Lipinski definition) is 4. The van der Waals surface area contributed by atoms with Crippen LogP contribution in [0.25, 0.3) is 0 Å². The van der Waals surface area contributed by atoms with Gasteiger partial charge in [-0.1, -0.05) is 12.1 Å². The van der Waals surface area contributed by atoms with Crippen LogP contribution in [0, 0.1) is 0 Å². The van der Waals surface area contributed by atoms with Crippen LogP contribution >= 0.6 is 8.25 Å². The Morgan fingerprint density at radius 1 is 1.38 bits per heavy atom. The Kier molecular flexibility index (Phi) is 5.53. The maximum Gasteiger partial charge on any atom is 0.367 e. The van der Waals surface area contributed by atoms with Gasteiger partial charge in [-0.05, 0) is 38.0 Å². The minimum absolute atomic E-state index is 0.134. The van der Waals surface area contributed by atoms with E-state index in [0.29, 0.717) is 12.4 Å². The van der Waals surface area contributed by atoms with Crippen molar-refractivity contribution in [2.45, 2.75) is 26.3 Å². The van der Waals surface area contributed by atoms with Crippen molar-refractivity contribution in [1.29, 1.82) is 0 Å². The third-order valence-electron chi connectivity index (χ3n) is 1.94. The molecule has 0 bridgehead atoms. The van der Waals surface area contributed by atoms with Crippen molar-refractivity contribution in [2.75, 3.05) is 6.61 Å². The highest BCUT2D eigenvalue weighted by atomic mass is 31.1. The minimum atomic E-state index is -2.40. The Balaban J connectivity index is 2.54. The molecule has 90 valence electrons. The van der Waals surface area contributed by atoms with E-state index in [4.69, 9.17) is 14.8 Å². The first kappa shape index (κ1) is 13.2. The molecule has 0 aliphatic rings. The molecule has 0 saturated heterocycles. The van der Waals surface area contributed by atoms with Crippen molar-refractivity contribution in [2.24, 2.45) is 5.73 Å². The summed E-state index contributed by atoms with van der Waals surface area (Å²) in [5.41, 5.74) is 6.82. The van der Waals surface area contributed by atoms with Crippen LogP contribution in [0.1, 0.15) is 19.4 Å². The zero-order valence-electron chi connectivity index (χ0n) is 9.60. The van der Waals surface area contributed by atoms with Crippen LogP contribution < -0.4 is 10.3 Å². The van der Waals surface area contributed by atoms with Gasteiger partial charge < -0.3 is 14.8 Å². The summed E-state index contributed by atoms with van der Waals surface area (Å²) in [6.45, 7) is 4.12. The van der Waals surface area contributed by atoms with E-state index in [1.54, 1.807) is 19.1 Å². The first-order valence-electron chi connectivity index (χ1n) is 5.31. The van der Waals surface area contributed by atoms with Crippen molar-refractivity contribution in [3.05, 3.63) is 29.8 Å². The van der Waals surface area contributed by atoms with Crippen molar-refractivity contribution < 1.29 is 13.6 Å². The van der Waals surface area contributed by atoms with Crippen molar-refractivity contribution >= 4 is 8.25 Å². The molecule has 2 unspecified atom stereocenters. The first-order chi connectivity index (χ1) is 7.61. The monoisotopic (exact) mass is 243 g/mol. The second-order valence-electron chi connectivity index (χ2n) is 3.61. The summed E-state index contributed by atoms with van der Waals surface area (Å²) in [7, 11) is -2.40. The molecule has 0 radical (unpaired) electrons. The third-order valence-corrected chi connectivity index (χ3v) is 2.87. The summed E-state index contributed by atoms with van der Waals surface area (Å²) in [6.07, 6.45) is 0.820. The van der Waals surface area contributed by atoms with Gasteiger partial charge in [0.2, 0.25) is 0 Å². The average molecular weight is 243 g/mol. The molecule has 1 aromatic rings. The molecule has 5 heteroatoms. The molecule has 0 heterocycles. The molecule has 0 spiro atoms. The summed E-state index contributed by atoms with van der Waals surface area (Å²) >= 11 is 0. The standard InChI is InChI=1S/C11H18NO3P/c1-3-14-16(13)15-11-6-4-10(5-7-11)8-9(2)12/h4-7,9,16H,3,8,12H2,1-2H3. The number of benzene rings is 1. The van der Waals surface area contributed by atoms with Crippen LogP contribution in [0.5, 0.6) is 5.75 Å². The van der Waals surface area contributed by atoms with E-state index in [1.807, 2.05) is 19.1 Å². The topological polar surface area (TPSA) is 61.5 Å². The van der Waals surface area contributed by atoms with Crippen molar-refractivity contribution in [3.63, 3.8) is 0 Å². The Morgan fingerprint density at radius 2 is 2.00 bits per heavy atom. The van der Waals surface area contributed by atoms with Crippen LogP contribution in [0.4, 0.5) is 0 Å². The highest BCUT2D eigenvalue weighted by Crippen LogP contribution is 2.27. The Hall–Kier alpha value is -0.830. The van der Waals surface area contributed by atoms with Gasteiger partial charge in [0.1, 0.15) is 5.75 Å². The molecule has 0 aliphatic heterocycles. The Labute approximate surface area is 96.7 Å². The van der Waals surface area contributed by atoms with Gasteiger partial charge in [-0.2, -0.15) is 0 Å². The van der Waals surface area contributed by atoms with Gasteiger partial charge in [-0.3, -0.25) is 0 Å². The van der Waals surface area contributed by atoms with Gasteiger partial charge in [-0.15, -0.1) is 0 Å². The number of nitrogens with two attached hydrogens (primary N) is 1. The molecule has 0 saturated carbocycles. The van der Waals surface area contributed by atoms with Crippen LogP contribution in [0.3, 0.4) is 0 Å². The lowest BCUT2D eigenvalue weighted by Gasteiger charge is -2.08. The molecule has 4 nitrogen and oxygen atoms in total. The maximum atomic E-state index is 11.2. The Morgan fingerprint density at radius 3 is 2.50 bits per heavy atom. The molecular weight excluding hydrogens is 225 g/mol. The summed E-state index contributed by atoms with van der Waals surface area (Å²) < 4.78 is 21.1. The molecule has 0 aliphatic carbocycles. The highest BCUT2D eigenvalue weighted by molar-refractivity contribution is 7.33. The molecule has 0 amide bonds. The lowest BCUT2D eigenvalue weighted by atomic mass is 10.1. The quantitative estimate of drug-likeness (QED) is 0.779. The number of rotatable bonds is 6. The molecular formula is C11H18NO3P. The van der Waals surface area contributed by atoms with E-state index in [2.05, 4.69) is 0 Å². The Bertz CT molecular complexity index is 338. The first-order valence-corrected chi connectivity index (χ1v) is 6.53. The lowest BCUT2D eigenvalue weighted by molar-refractivity contribution is 0.302. The van der Waals surface area contributed by atoms with E-state index >= 15 is 0 Å². The predicted octanol–water partition coefficient (Wildman–Crippen LogP) is 2.38. The summed E-state index contributed by atoms with van der Waals surface area (Å²) in [5.74, 6) is 0.561. The molecule has 16 heavy (non-hydrogen) atoms. The van der Waals surface area contributed by atoms with Crippen LogP contribution in [-0.4, -0.2) is 12.6 Å². The molecule has 1 aromatic carbocycles. The normalized spacial score (nSPS) is 14.4. The minimum Gasteiger partial charge on any atom is -0.426 e. The molecule has 2 atom stereocenters. The predicted molar refractivity (Wildman–Crippen MR) is 65.1 cm³/mol. The molecule has 0 fully saturated rings. The maximum absolute atomic E-state index is 11.2. The summed E-state index contributed by atoms with van der Waals surface area (Å²) in [6, 6.07) is 7.52. The lowest BCUT2D eigenvalue weighted by Crippen LogP contribution is -2.17.